The fourth-order valence-corrected chi connectivity index (χ4v) is 4.92. The molecule has 0 aliphatic carbocycles. The predicted octanol–water partition coefficient (Wildman–Crippen LogP) is 4.49. The average Bonchev–Trinajstić information content (AvgIpc) is 3.12. The Morgan fingerprint density at radius 1 is 1.33 bits per heavy atom. The number of thiophene rings is 1. The molecule has 1 unspecified atom stereocenters. The Bertz CT molecular complexity index is 841. The number of carbonyl (C=O) groups is 2. The Morgan fingerprint density at radius 2 is 2.15 bits per heavy atom. The van der Waals surface area contributed by atoms with Gasteiger partial charge in [0.1, 0.15) is 6.04 Å². The molecule has 0 radical (unpaired) electrons. The van der Waals surface area contributed by atoms with Crippen LogP contribution in [0.25, 0.3) is 0 Å². The lowest BCUT2D eigenvalue weighted by Crippen LogP contribution is -2.50. The highest BCUT2D eigenvalue weighted by Gasteiger charge is 2.29. The molecule has 2 heterocycles. The molecular weight excluding hydrogens is 423 g/mol. The van der Waals surface area contributed by atoms with Crippen molar-refractivity contribution in [2.45, 2.75) is 25.4 Å². The SMILES string of the molecule is CSCCC(NC(=O)c1ccc(Cl)cc1Cl)C(=O)N1CCc2sccc2C1. The fourth-order valence-electron chi connectivity index (χ4n) is 3.06. The third-order valence-electron chi connectivity index (χ3n) is 4.51. The van der Waals surface area contributed by atoms with Crippen LogP contribution in [0.3, 0.4) is 0 Å². The van der Waals surface area contributed by atoms with Crippen molar-refractivity contribution in [1.29, 1.82) is 0 Å². The van der Waals surface area contributed by atoms with Crippen LogP contribution >= 0.6 is 46.3 Å². The first-order valence-corrected chi connectivity index (χ1v) is 11.6. The molecule has 3 rings (SSSR count). The maximum absolute atomic E-state index is 13.1. The van der Waals surface area contributed by atoms with Crippen molar-refractivity contribution in [3.05, 3.63) is 55.7 Å². The van der Waals surface area contributed by atoms with Crippen LogP contribution in [0, 0.1) is 0 Å². The highest BCUT2D eigenvalue weighted by atomic mass is 35.5. The van der Waals surface area contributed by atoms with Gasteiger partial charge in [0.15, 0.2) is 0 Å². The van der Waals surface area contributed by atoms with Crippen LogP contribution in [0.2, 0.25) is 10.0 Å². The summed E-state index contributed by atoms with van der Waals surface area (Å²) in [5, 5.41) is 5.68. The van der Waals surface area contributed by atoms with Gasteiger partial charge in [0.2, 0.25) is 5.91 Å². The molecule has 1 aromatic heterocycles. The summed E-state index contributed by atoms with van der Waals surface area (Å²) in [6.07, 6.45) is 3.42. The molecule has 27 heavy (non-hydrogen) atoms. The topological polar surface area (TPSA) is 49.4 Å². The number of rotatable bonds is 6. The minimum absolute atomic E-state index is 0.0423. The minimum Gasteiger partial charge on any atom is -0.340 e. The van der Waals surface area contributed by atoms with E-state index >= 15 is 0 Å². The molecule has 144 valence electrons. The number of amides is 2. The van der Waals surface area contributed by atoms with Crippen molar-refractivity contribution in [1.82, 2.24) is 10.2 Å². The van der Waals surface area contributed by atoms with Crippen molar-refractivity contribution < 1.29 is 9.59 Å². The summed E-state index contributed by atoms with van der Waals surface area (Å²) in [6, 6.07) is 6.22. The van der Waals surface area contributed by atoms with Gasteiger partial charge in [-0.3, -0.25) is 9.59 Å². The predicted molar refractivity (Wildman–Crippen MR) is 114 cm³/mol. The van der Waals surface area contributed by atoms with Gasteiger partial charge in [0, 0.05) is 23.0 Å². The Morgan fingerprint density at radius 3 is 2.89 bits per heavy atom. The van der Waals surface area contributed by atoms with E-state index < -0.39 is 6.04 Å². The van der Waals surface area contributed by atoms with E-state index in [0.717, 1.165) is 12.2 Å². The molecule has 0 spiro atoms. The normalized spacial score (nSPS) is 14.6. The van der Waals surface area contributed by atoms with E-state index in [4.69, 9.17) is 23.2 Å². The van der Waals surface area contributed by atoms with E-state index in [0.29, 0.717) is 30.1 Å². The molecule has 1 atom stereocenters. The highest BCUT2D eigenvalue weighted by Crippen LogP contribution is 2.25. The monoisotopic (exact) mass is 442 g/mol. The van der Waals surface area contributed by atoms with Crippen LogP contribution in [-0.2, 0) is 17.8 Å². The van der Waals surface area contributed by atoms with Crippen molar-refractivity contribution in [2.24, 2.45) is 0 Å². The number of nitrogens with one attached hydrogen (secondary N) is 1. The van der Waals surface area contributed by atoms with Gasteiger partial charge >= 0.3 is 0 Å². The van der Waals surface area contributed by atoms with Crippen LogP contribution in [0.4, 0.5) is 0 Å². The van der Waals surface area contributed by atoms with Crippen LogP contribution in [0.5, 0.6) is 0 Å². The van der Waals surface area contributed by atoms with E-state index in [1.165, 1.54) is 16.5 Å². The van der Waals surface area contributed by atoms with Crippen molar-refractivity contribution in [3.63, 3.8) is 0 Å². The maximum atomic E-state index is 13.1. The summed E-state index contributed by atoms with van der Waals surface area (Å²) in [5.41, 5.74) is 1.53. The molecule has 1 aromatic carbocycles. The summed E-state index contributed by atoms with van der Waals surface area (Å²) < 4.78 is 0. The molecular formula is C19H20Cl2N2O2S2. The van der Waals surface area contributed by atoms with Gasteiger partial charge in [-0.05, 0) is 60.1 Å². The van der Waals surface area contributed by atoms with Crippen molar-refractivity contribution >= 4 is 58.1 Å². The highest BCUT2D eigenvalue weighted by molar-refractivity contribution is 7.98. The number of nitrogens with zero attached hydrogens (tertiary/aromatic N) is 1. The van der Waals surface area contributed by atoms with E-state index in [1.54, 1.807) is 35.2 Å². The molecule has 2 amide bonds. The molecule has 1 N–H and O–H groups in total. The van der Waals surface area contributed by atoms with E-state index in [1.807, 2.05) is 11.2 Å². The van der Waals surface area contributed by atoms with Gasteiger partial charge in [-0.2, -0.15) is 11.8 Å². The first-order valence-electron chi connectivity index (χ1n) is 8.58. The third-order valence-corrected chi connectivity index (χ3v) is 6.72. The summed E-state index contributed by atoms with van der Waals surface area (Å²) in [7, 11) is 0. The van der Waals surface area contributed by atoms with Crippen molar-refractivity contribution in [3.8, 4) is 0 Å². The number of benzene rings is 1. The summed E-state index contributed by atoms with van der Waals surface area (Å²) in [6.45, 7) is 1.28. The number of thioether (sulfide) groups is 1. The Labute approximate surface area is 177 Å². The second-order valence-electron chi connectivity index (χ2n) is 6.31. The molecule has 2 aromatic rings. The van der Waals surface area contributed by atoms with Crippen LogP contribution in [-0.4, -0.2) is 41.3 Å². The standard InChI is InChI=1S/C19H20Cl2N2O2S2/c1-26-8-6-16(22-18(24)14-3-2-13(20)10-15(14)21)19(25)23-7-4-17-12(11-23)5-9-27-17/h2-3,5,9-10,16H,4,6-8,11H2,1H3,(H,22,24). The van der Waals surface area contributed by atoms with E-state index in [9.17, 15) is 9.59 Å². The molecule has 0 bridgehead atoms. The quantitative estimate of drug-likeness (QED) is 0.716. The van der Waals surface area contributed by atoms with Gasteiger partial charge in [-0.1, -0.05) is 23.2 Å². The molecule has 1 aliphatic rings. The van der Waals surface area contributed by atoms with Gasteiger partial charge in [-0.15, -0.1) is 11.3 Å². The smallest absolute Gasteiger partial charge is 0.253 e. The second-order valence-corrected chi connectivity index (χ2v) is 9.14. The second kappa shape index (κ2) is 9.32. The van der Waals surface area contributed by atoms with Crippen LogP contribution < -0.4 is 5.32 Å². The van der Waals surface area contributed by atoms with Gasteiger partial charge in [0.05, 0.1) is 10.6 Å². The molecule has 0 saturated heterocycles. The van der Waals surface area contributed by atoms with E-state index in [2.05, 4.69) is 16.8 Å². The summed E-state index contributed by atoms with van der Waals surface area (Å²) >= 11 is 15.4. The Kier molecular flexibility index (Phi) is 7.09. The molecule has 4 nitrogen and oxygen atoms in total. The molecule has 1 aliphatic heterocycles. The maximum Gasteiger partial charge on any atom is 0.253 e. The largest absolute Gasteiger partial charge is 0.340 e. The Hall–Kier alpha value is -1.21. The number of hydrogen-bond donors (Lipinski definition) is 1. The molecule has 0 fully saturated rings. The number of hydrogen-bond acceptors (Lipinski definition) is 4. The van der Waals surface area contributed by atoms with Gasteiger partial charge in [0.25, 0.3) is 5.91 Å². The molecule has 8 heteroatoms. The first kappa shape index (κ1) is 20.5. The third kappa shape index (κ3) is 4.99. The van der Waals surface area contributed by atoms with Gasteiger partial charge in [-0.25, -0.2) is 0 Å². The van der Waals surface area contributed by atoms with Crippen LogP contribution in [0.1, 0.15) is 27.2 Å². The lowest BCUT2D eigenvalue weighted by atomic mass is 10.1. The van der Waals surface area contributed by atoms with Crippen LogP contribution in [0.15, 0.2) is 29.6 Å². The number of halogens is 2. The lowest BCUT2D eigenvalue weighted by molar-refractivity contribution is -0.134. The fraction of sp³-hybridized carbons (Fsp3) is 0.368. The van der Waals surface area contributed by atoms with E-state index in [-0.39, 0.29) is 16.8 Å². The molecule has 0 saturated carbocycles. The minimum atomic E-state index is -0.572. The van der Waals surface area contributed by atoms with Gasteiger partial charge < -0.3 is 10.2 Å². The Balaban J connectivity index is 1.73. The number of fused-ring (bicyclic) bond motifs is 1. The summed E-state index contributed by atoms with van der Waals surface area (Å²) in [5.74, 6) is 0.381. The zero-order valence-electron chi connectivity index (χ0n) is 14.8. The first-order chi connectivity index (χ1) is 13.0. The van der Waals surface area contributed by atoms with Crippen molar-refractivity contribution in [2.75, 3.05) is 18.6 Å². The average molecular weight is 443 g/mol. The summed E-state index contributed by atoms with van der Waals surface area (Å²) in [4.78, 5) is 29.0. The zero-order chi connectivity index (χ0) is 19.4. The lowest BCUT2D eigenvalue weighted by Gasteiger charge is -2.31. The number of carbonyl (C=O) groups excluding carboxylic acids is 2. The zero-order valence-corrected chi connectivity index (χ0v) is 18.0.